The van der Waals surface area contributed by atoms with Gasteiger partial charge in [0.2, 0.25) is 5.91 Å². The van der Waals surface area contributed by atoms with Crippen molar-refractivity contribution in [3.05, 3.63) is 42.1 Å². The van der Waals surface area contributed by atoms with E-state index in [1.54, 1.807) is 13.1 Å². The first kappa shape index (κ1) is 14.3. The molecule has 1 fully saturated rings. The summed E-state index contributed by atoms with van der Waals surface area (Å²) in [6.07, 6.45) is 1.32. The maximum Gasteiger partial charge on any atom is 0.273 e. The number of carbonyl (C=O) groups is 2. The molecule has 1 aliphatic carbocycles. The van der Waals surface area contributed by atoms with Gasteiger partial charge in [0.25, 0.3) is 5.91 Å². The summed E-state index contributed by atoms with van der Waals surface area (Å²) in [4.78, 5) is 23.5. The van der Waals surface area contributed by atoms with Gasteiger partial charge in [0.1, 0.15) is 0 Å². The van der Waals surface area contributed by atoms with E-state index >= 15 is 0 Å². The summed E-state index contributed by atoms with van der Waals surface area (Å²) in [6, 6.07) is 11.1. The van der Waals surface area contributed by atoms with Gasteiger partial charge in [0.05, 0.1) is 0 Å². The highest BCUT2D eigenvalue weighted by atomic mass is 16.5. The van der Waals surface area contributed by atoms with Crippen LogP contribution in [-0.2, 0) is 4.79 Å². The third-order valence-electron chi connectivity index (χ3n) is 3.89. The van der Waals surface area contributed by atoms with Gasteiger partial charge in [0, 0.05) is 30.6 Å². The lowest BCUT2D eigenvalue weighted by Crippen LogP contribution is -2.48. The summed E-state index contributed by atoms with van der Waals surface area (Å²) in [7, 11) is 1.62. The van der Waals surface area contributed by atoms with Crippen molar-refractivity contribution >= 4 is 11.8 Å². The highest BCUT2D eigenvalue weighted by Crippen LogP contribution is 2.28. The summed E-state index contributed by atoms with van der Waals surface area (Å²) < 4.78 is 5.21. The van der Waals surface area contributed by atoms with E-state index < -0.39 is 0 Å². The minimum Gasteiger partial charge on any atom is -0.359 e. The zero-order valence-corrected chi connectivity index (χ0v) is 12.2. The number of nitrogens with zero attached hydrogens (tertiary/aromatic N) is 1. The molecule has 0 saturated heterocycles. The fourth-order valence-electron chi connectivity index (χ4n) is 2.53. The molecule has 114 valence electrons. The summed E-state index contributed by atoms with van der Waals surface area (Å²) in [5.74, 6) is 0.305. The van der Waals surface area contributed by atoms with Gasteiger partial charge in [-0.15, -0.1) is 0 Å². The molecular weight excluding hydrogens is 282 g/mol. The van der Waals surface area contributed by atoms with Crippen molar-refractivity contribution in [2.75, 3.05) is 7.05 Å². The van der Waals surface area contributed by atoms with Gasteiger partial charge in [-0.3, -0.25) is 9.59 Å². The average molecular weight is 299 g/mol. The molecule has 0 unspecified atom stereocenters. The molecule has 6 heteroatoms. The number of nitrogens with one attached hydrogen (secondary N) is 2. The fourth-order valence-corrected chi connectivity index (χ4v) is 2.53. The smallest absolute Gasteiger partial charge is 0.273 e. The van der Waals surface area contributed by atoms with E-state index in [-0.39, 0.29) is 29.5 Å². The quantitative estimate of drug-likeness (QED) is 0.898. The first-order chi connectivity index (χ1) is 10.7. The van der Waals surface area contributed by atoms with Crippen molar-refractivity contribution in [1.82, 2.24) is 15.8 Å². The Morgan fingerprint density at radius 2 is 1.95 bits per heavy atom. The Hall–Kier alpha value is -2.63. The summed E-state index contributed by atoms with van der Waals surface area (Å²) in [5.41, 5.74) is 1.12. The molecule has 2 aromatic rings. The van der Waals surface area contributed by atoms with Crippen molar-refractivity contribution in [1.29, 1.82) is 0 Å². The molecule has 0 atom stereocenters. The lowest BCUT2D eigenvalue weighted by molar-refractivity contribution is -0.127. The second kappa shape index (κ2) is 6.01. The van der Waals surface area contributed by atoms with E-state index in [1.807, 2.05) is 30.3 Å². The highest BCUT2D eigenvalue weighted by molar-refractivity contribution is 5.93. The SMILES string of the molecule is CNC(=O)C1CC(NC(=O)c2cc(-c3ccccc3)on2)C1. The van der Waals surface area contributed by atoms with Crippen LogP contribution in [0.4, 0.5) is 0 Å². The molecule has 1 aliphatic rings. The molecule has 1 aromatic heterocycles. The van der Waals surface area contributed by atoms with Gasteiger partial charge >= 0.3 is 0 Å². The molecule has 0 radical (unpaired) electrons. The second-order valence-corrected chi connectivity index (χ2v) is 5.40. The van der Waals surface area contributed by atoms with Crippen molar-refractivity contribution in [2.45, 2.75) is 18.9 Å². The normalized spacial score (nSPS) is 20.0. The highest BCUT2D eigenvalue weighted by Gasteiger charge is 2.35. The number of rotatable bonds is 4. The zero-order chi connectivity index (χ0) is 15.5. The molecule has 1 saturated carbocycles. The largest absolute Gasteiger partial charge is 0.359 e. The van der Waals surface area contributed by atoms with Crippen molar-refractivity contribution in [3.63, 3.8) is 0 Å². The van der Waals surface area contributed by atoms with E-state index in [0.29, 0.717) is 18.6 Å². The molecular formula is C16H17N3O3. The van der Waals surface area contributed by atoms with Crippen molar-refractivity contribution in [2.24, 2.45) is 5.92 Å². The van der Waals surface area contributed by atoms with Gasteiger partial charge in [-0.1, -0.05) is 35.5 Å². The Morgan fingerprint density at radius 3 is 2.64 bits per heavy atom. The molecule has 6 nitrogen and oxygen atoms in total. The standard InChI is InChI=1S/C16H17N3O3/c1-17-15(20)11-7-12(8-11)18-16(21)13-9-14(22-19-13)10-5-3-2-4-6-10/h2-6,9,11-12H,7-8H2,1H3,(H,17,20)(H,18,21). The zero-order valence-electron chi connectivity index (χ0n) is 12.2. The second-order valence-electron chi connectivity index (χ2n) is 5.40. The topological polar surface area (TPSA) is 84.2 Å². The van der Waals surface area contributed by atoms with Crippen LogP contribution in [-0.4, -0.2) is 30.1 Å². The molecule has 0 bridgehead atoms. The van der Waals surface area contributed by atoms with E-state index in [2.05, 4.69) is 15.8 Å². The van der Waals surface area contributed by atoms with Crippen LogP contribution in [0.1, 0.15) is 23.3 Å². The van der Waals surface area contributed by atoms with Crippen LogP contribution in [0.5, 0.6) is 0 Å². The minimum absolute atomic E-state index is 0.00695. The lowest BCUT2D eigenvalue weighted by atomic mass is 9.79. The number of hydrogen-bond acceptors (Lipinski definition) is 4. The Bertz CT molecular complexity index is 675. The van der Waals surface area contributed by atoms with Crippen LogP contribution in [0.2, 0.25) is 0 Å². The van der Waals surface area contributed by atoms with Gasteiger partial charge in [-0.25, -0.2) is 0 Å². The monoisotopic (exact) mass is 299 g/mol. The third-order valence-corrected chi connectivity index (χ3v) is 3.89. The predicted molar refractivity (Wildman–Crippen MR) is 80.0 cm³/mol. The average Bonchev–Trinajstić information content (AvgIpc) is 3.00. The van der Waals surface area contributed by atoms with E-state index in [0.717, 1.165) is 5.56 Å². The molecule has 3 rings (SSSR count). The molecule has 0 spiro atoms. The molecule has 2 N–H and O–H groups in total. The molecule has 2 amide bonds. The Balaban J connectivity index is 1.58. The fraction of sp³-hybridized carbons (Fsp3) is 0.312. The van der Waals surface area contributed by atoms with Crippen molar-refractivity contribution < 1.29 is 14.1 Å². The first-order valence-electron chi connectivity index (χ1n) is 7.22. The molecule has 1 heterocycles. The maximum absolute atomic E-state index is 12.1. The maximum atomic E-state index is 12.1. The van der Waals surface area contributed by atoms with E-state index in [9.17, 15) is 9.59 Å². The predicted octanol–water partition coefficient (Wildman–Crippen LogP) is 1.60. The Labute approximate surface area is 127 Å². The lowest BCUT2D eigenvalue weighted by Gasteiger charge is -2.34. The van der Waals surface area contributed by atoms with Crippen molar-refractivity contribution in [3.8, 4) is 11.3 Å². The number of carbonyl (C=O) groups excluding carboxylic acids is 2. The summed E-state index contributed by atoms with van der Waals surface area (Å²) in [6.45, 7) is 0. The van der Waals surface area contributed by atoms with Crippen LogP contribution in [0.15, 0.2) is 40.9 Å². The van der Waals surface area contributed by atoms with Gasteiger partial charge in [0.15, 0.2) is 11.5 Å². The van der Waals surface area contributed by atoms with Gasteiger partial charge in [-0.05, 0) is 12.8 Å². The van der Waals surface area contributed by atoms with Gasteiger partial charge in [-0.2, -0.15) is 0 Å². The van der Waals surface area contributed by atoms with E-state index in [1.165, 1.54) is 0 Å². The Kier molecular flexibility index (Phi) is 3.91. The first-order valence-corrected chi connectivity index (χ1v) is 7.22. The van der Waals surface area contributed by atoms with Crippen LogP contribution in [0.3, 0.4) is 0 Å². The Morgan fingerprint density at radius 1 is 1.23 bits per heavy atom. The van der Waals surface area contributed by atoms with Crippen LogP contribution in [0, 0.1) is 5.92 Å². The number of aromatic nitrogens is 1. The number of amides is 2. The van der Waals surface area contributed by atoms with Gasteiger partial charge < -0.3 is 15.2 Å². The number of benzene rings is 1. The van der Waals surface area contributed by atoms with Crippen LogP contribution >= 0.6 is 0 Å². The number of hydrogen-bond donors (Lipinski definition) is 2. The summed E-state index contributed by atoms with van der Waals surface area (Å²) in [5, 5.41) is 9.29. The van der Waals surface area contributed by atoms with E-state index in [4.69, 9.17) is 4.52 Å². The molecule has 0 aliphatic heterocycles. The summed E-state index contributed by atoms with van der Waals surface area (Å²) >= 11 is 0. The molecule has 1 aromatic carbocycles. The molecule has 22 heavy (non-hydrogen) atoms. The van der Waals surface area contributed by atoms with Crippen LogP contribution < -0.4 is 10.6 Å². The van der Waals surface area contributed by atoms with Crippen LogP contribution in [0.25, 0.3) is 11.3 Å². The third kappa shape index (κ3) is 2.86. The minimum atomic E-state index is -0.272.